The summed E-state index contributed by atoms with van der Waals surface area (Å²) in [6, 6.07) is 8.08. The first-order chi connectivity index (χ1) is 12.6. The SMILES string of the molecule is CCNC(=NCC(=O)N1CCc2ccccc21)NCCCOCC(C)C. The van der Waals surface area contributed by atoms with Crippen molar-refractivity contribution in [3.63, 3.8) is 0 Å². The van der Waals surface area contributed by atoms with E-state index in [1.54, 1.807) is 0 Å². The monoisotopic (exact) mass is 360 g/mol. The summed E-state index contributed by atoms with van der Waals surface area (Å²) in [5.41, 5.74) is 2.25. The smallest absolute Gasteiger partial charge is 0.248 e. The van der Waals surface area contributed by atoms with Crippen molar-refractivity contribution in [3.05, 3.63) is 29.8 Å². The van der Waals surface area contributed by atoms with Crippen LogP contribution in [0.2, 0.25) is 0 Å². The average Bonchev–Trinajstić information content (AvgIpc) is 3.06. The van der Waals surface area contributed by atoms with E-state index in [0.717, 1.165) is 51.4 Å². The van der Waals surface area contributed by atoms with Crippen LogP contribution in [0.4, 0.5) is 5.69 Å². The number of para-hydroxylation sites is 1. The van der Waals surface area contributed by atoms with Crippen molar-refractivity contribution >= 4 is 17.6 Å². The molecule has 0 spiro atoms. The zero-order valence-corrected chi connectivity index (χ0v) is 16.3. The number of nitrogens with one attached hydrogen (secondary N) is 2. The second-order valence-corrected chi connectivity index (χ2v) is 6.87. The van der Waals surface area contributed by atoms with Crippen molar-refractivity contribution in [1.82, 2.24) is 10.6 Å². The molecule has 1 aliphatic rings. The van der Waals surface area contributed by atoms with Crippen molar-refractivity contribution < 1.29 is 9.53 Å². The Labute approximate surface area is 157 Å². The Kier molecular flexibility index (Phi) is 8.41. The van der Waals surface area contributed by atoms with Crippen LogP contribution in [0.3, 0.4) is 0 Å². The molecule has 26 heavy (non-hydrogen) atoms. The molecule has 0 bridgehead atoms. The summed E-state index contributed by atoms with van der Waals surface area (Å²) in [7, 11) is 0. The number of anilines is 1. The number of carbonyl (C=O) groups is 1. The Balaban J connectivity index is 1.78. The molecule has 2 rings (SSSR count). The third-order valence-electron chi connectivity index (χ3n) is 4.11. The number of fused-ring (bicyclic) bond motifs is 1. The average molecular weight is 361 g/mol. The van der Waals surface area contributed by atoms with Crippen LogP contribution in [0.15, 0.2) is 29.3 Å². The van der Waals surface area contributed by atoms with E-state index in [1.165, 1.54) is 5.56 Å². The molecule has 1 heterocycles. The molecule has 144 valence electrons. The minimum atomic E-state index is 0.0346. The number of carbonyl (C=O) groups excluding carboxylic acids is 1. The van der Waals surface area contributed by atoms with Gasteiger partial charge in [-0.25, -0.2) is 4.99 Å². The van der Waals surface area contributed by atoms with Crippen molar-refractivity contribution in [2.45, 2.75) is 33.6 Å². The van der Waals surface area contributed by atoms with Crippen LogP contribution >= 0.6 is 0 Å². The summed E-state index contributed by atoms with van der Waals surface area (Å²) >= 11 is 0. The van der Waals surface area contributed by atoms with Gasteiger partial charge in [0.05, 0.1) is 0 Å². The molecular formula is C20H32N4O2. The number of nitrogens with zero attached hydrogens (tertiary/aromatic N) is 2. The van der Waals surface area contributed by atoms with Crippen molar-refractivity contribution in [3.8, 4) is 0 Å². The van der Waals surface area contributed by atoms with E-state index in [2.05, 4.69) is 35.5 Å². The number of aliphatic imine (C=N–C) groups is 1. The molecule has 0 radical (unpaired) electrons. The number of hydrogen-bond donors (Lipinski definition) is 2. The molecule has 6 nitrogen and oxygen atoms in total. The van der Waals surface area contributed by atoms with Crippen LogP contribution in [0.25, 0.3) is 0 Å². The maximum Gasteiger partial charge on any atom is 0.248 e. The first kappa shape index (κ1) is 20.2. The van der Waals surface area contributed by atoms with E-state index in [0.29, 0.717) is 11.9 Å². The lowest BCUT2D eigenvalue weighted by atomic mass is 10.2. The van der Waals surface area contributed by atoms with Gasteiger partial charge in [0.15, 0.2) is 5.96 Å². The first-order valence-electron chi connectivity index (χ1n) is 9.60. The summed E-state index contributed by atoms with van der Waals surface area (Å²) in [5.74, 6) is 1.27. The first-order valence-corrected chi connectivity index (χ1v) is 9.60. The highest BCUT2D eigenvalue weighted by atomic mass is 16.5. The highest BCUT2D eigenvalue weighted by Gasteiger charge is 2.23. The molecule has 1 amide bonds. The number of ether oxygens (including phenoxy) is 1. The quantitative estimate of drug-likeness (QED) is 0.402. The van der Waals surface area contributed by atoms with Gasteiger partial charge in [-0.3, -0.25) is 4.79 Å². The lowest BCUT2D eigenvalue weighted by Gasteiger charge is -2.17. The van der Waals surface area contributed by atoms with Crippen LogP contribution < -0.4 is 15.5 Å². The van der Waals surface area contributed by atoms with E-state index in [4.69, 9.17) is 4.74 Å². The molecule has 0 unspecified atom stereocenters. The fourth-order valence-electron chi connectivity index (χ4n) is 2.87. The molecule has 2 N–H and O–H groups in total. The predicted molar refractivity (Wildman–Crippen MR) is 107 cm³/mol. The molecule has 6 heteroatoms. The van der Waals surface area contributed by atoms with Crippen LogP contribution in [-0.2, 0) is 16.0 Å². The third-order valence-corrected chi connectivity index (χ3v) is 4.11. The Morgan fingerprint density at radius 2 is 2.12 bits per heavy atom. The van der Waals surface area contributed by atoms with Crippen LogP contribution in [0.5, 0.6) is 0 Å². The summed E-state index contributed by atoms with van der Waals surface area (Å²) in [4.78, 5) is 18.8. The van der Waals surface area contributed by atoms with E-state index in [9.17, 15) is 4.79 Å². The number of guanidine groups is 1. The molecule has 1 aliphatic heterocycles. The van der Waals surface area contributed by atoms with E-state index in [-0.39, 0.29) is 12.5 Å². The highest BCUT2D eigenvalue weighted by Crippen LogP contribution is 2.27. The predicted octanol–water partition coefficient (Wildman–Crippen LogP) is 2.19. The fourth-order valence-corrected chi connectivity index (χ4v) is 2.87. The van der Waals surface area contributed by atoms with Gasteiger partial charge < -0.3 is 20.3 Å². The second kappa shape index (κ2) is 10.8. The largest absolute Gasteiger partial charge is 0.381 e. The summed E-state index contributed by atoms with van der Waals surface area (Å²) in [6.07, 6.45) is 1.82. The lowest BCUT2D eigenvalue weighted by molar-refractivity contribution is -0.117. The van der Waals surface area contributed by atoms with Gasteiger partial charge in [0.2, 0.25) is 5.91 Å². The maximum atomic E-state index is 12.5. The van der Waals surface area contributed by atoms with E-state index >= 15 is 0 Å². The minimum absolute atomic E-state index is 0.0346. The Morgan fingerprint density at radius 1 is 1.31 bits per heavy atom. The van der Waals surface area contributed by atoms with Gasteiger partial charge in [-0.1, -0.05) is 32.0 Å². The third kappa shape index (κ3) is 6.33. The number of amides is 1. The van der Waals surface area contributed by atoms with Crippen molar-refractivity contribution in [2.75, 3.05) is 44.3 Å². The minimum Gasteiger partial charge on any atom is -0.381 e. The summed E-state index contributed by atoms with van der Waals surface area (Å²) in [6.45, 7) is 10.2. The molecule has 0 saturated carbocycles. The Bertz CT molecular complexity index is 601. The van der Waals surface area contributed by atoms with Gasteiger partial charge in [0.25, 0.3) is 0 Å². The number of benzene rings is 1. The molecule has 1 aromatic carbocycles. The zero-order chi connectivity index (χ0) is 18.8. The lowest BCUT2D eigenvalue weighted by Crippen LogP contribution is -2.39. The van der Waals surface area contributed by atoms with E-state index < -0.39 is 0 Å². The fraction of sp³-hybridized carbons (Fsp3) is 0.600. The maximum absolute atomic E-state index is 12.5. The molecule has 0 saturated heterocycles. The molecule has 0 aromatic heterocycles. The molecular weight excluding hydrogens is 328 g/mol. The molecule has 1 aromatic rings. The molecule has 0 aliphatic carbocycles. The van der Waals surface area contributed by atoms with Gasteiger partial charge in [-0.2, -0.15) is 0 Å². The Hall–Kier alpha value is -2.08. The Morgan fingerprint density at radius 3 is 2.88 bits per heavy atom. The summed E-state index contributed by atoms with van der Waals surface area (Å²) < 4.78 is 5.57. The van der Waals surface area contributed by atoms with Gasteiger partial charge in [-0.05, 0) is 37.3 Å². The van der Waals surface area contributed by atoms with Gasteiger partial charge in [0.1, 0.15) is 6.54 Å². The normalized spacial score (nSPS) is 13.8. The summed E-state index contributed by atoms with van der Waals surface area (Å²) in [5, 5.41) is 6.45. The standard InChI is InChI=1S/C20H32N4O2/c1-4-21-20(22-11-7-13-26-15-16(2)3)23-14-19(25)24-12-10-17-8-5-6-9-18(17)24/h5-6,8-9,16H,4,7,10-15H2,1-3H3,(H2,21,22,23). The zero-order valence-electron chi connectivity index (χ0n) is 16.3. The van der Waals surface area contributed by atoms with E-state index in [1.807, 2.05) is 30.0 Å². The highest BCUT2D eigenvalue weighted by molar-refractivity contribution is 5.98. The van der Waals surface area contributed by atoms with Gasteiger partial charge in [0, 0.05) is 38.5 Å². The van der Waals surface area contributed by atoms with Crippen LogP contribution in [0, 0.1) is 5.92 Å². The number of hydrogen-bond acceptors (Lipinski definition) is 3. The van der Waals surface area contributed by atoms with Crippen molar-refractivity contribution in [1.29, 1.82) is 0 Å². The van der Waals surface area contributed by atoms with Gasteiger partial charge in [-0.15, -0.1) is 0 Å². The molecule has 0 fully saturated rings. The topological polar surface area (TPSA) is 66.0 Å². The van der Waals surface area contributed by atoms with Crippen LogP contribution in [0.1, 0.15) is 32.8 Å². The van der Waals surface area contributed by atoms with Crippen LogP contribution in [-0.4, -0.2) is 51.3 Å². The van der Waals surface area contributed by atoms with Gasteiger partial charge >= 0.3 is 0 Å². The second-order valence-electron chi connectivity index (χ2n) is 6.87. The van der Waals surface area contributed by atoms with Crippen molar-refractivity contribution in [2.24, 2.45) is 10.9 Å². The number of rotatable bonds is 9. The molecule has 0 atom stereocenters.